The smallest absolute Gasteiger partial charge is 0.244 e. The highest BCUT2D eigenvalue weighted by atomic mass is 16.5. The fourth-order valence-corrected chi connectivity index (χ4v) is 3.14. The van der Waals surface area contributed by atoms with E-state index in [1.807, 2.05) is 28.8 Å². The van der Waals surface area contributed by atoms with Gasteiger partial charge in [-0.25, -0.2) is 4.98 Å². The molecule has 26 heavy (non-hydrogen) atoms. The van der Waals surface area contributed by atoms with Crippen molar-refractivity contribution in [3.05, 3.63) is 48.3 Å². The molecule has 6 heteroatoms. The van der Waals surface area contributed by atoms with E-state index in [9.17, 15) is 4.79 Å². The van der Waals surface area contributed by atoms with Gasteiger partial charge in [0.1, 0.15) is 23.9 Å². The molecule has 0 unspecified atom stereocenters. The Labute approximate surface area is 151 Å². The minimum absolute atomic E-state index is 0.106. The Bertz CT molecular complexity index is 938. The van der Waals surface area contributed by atoms with Crippen molar-refractivity contribution in [3.63, 3.8) is 0 Å². The summed E-state index contributed by atoms with van der Waals surface area (Å²) in [6, 6.07) is 13.3. The van der Waals surface area contributed by atoms with Crippen molar-refractivity contribution in [2.24, 2.45) is 0 Å². The molecule has 1 N–H and O–H groups in total. The van der Waals surface area contributed by atoms with Gasteiger partial charge in [0.05, 0.1) is 25.3 Å². The van der Waals surface area contributed by atoms with E-state index in [0.717, 1.165) is 29.7 Å². The molecule has 1 aliphatic carbocycles. The van der Waals surface area contributed by atoms with Crippen molar-refractivity contribution in [1.29, 1.82) is 0 Å². The van der Waals surface area contributed by atoms with Gasteiger partial charge in [0.2, 0.25) is 5.91 Å². The first-order valence-electron chi connectivity index (χ1n) is 8.66. The van der Waals surface area contributed by atoms with Gasteiger partial charge in [0.25, 0.3) is 0 Å². The quantitative estimate of drug-likeness (QED) is 0.737. The van der Waals surface area contributed by atoms with Gasteiger partial charge in [0.15, 0.2) is 0 Å². The Kier molecular flexibility index (Phi) is 4.24. The zero-order valence-electron chi connectivity index (χ0n) is 14.9. The van der Waals surface area contributed by atoms with Crippen molar-refractivity contribution < 1.29 is 14.3 Å². The number of ether oxygens (including phenoxy) is 2. The third kappa shape index (κ3) is 3.22. The molecular weight excluding hydrogens is 330 g/mol. The van der Waals surface area contributed by atoms with Crippen molar-refractivity contribution in [2.45, 2.75) is 25.3 Å². The van der Waals surface area contributed by atoms with Crippen molar-refractivity contribution in [2.75, 3.05) is 19.5 Å². The number of nitrogens with zero attached hydrogens (tertiary/aromatic N) is 2. The van der Waals surface area contributed by atoms with E-state index in [4.69, 9.17) is 14.5 Å². The van der Waals surface area contributed by atoms with E-state index in [1.54, 1.807) is 32.4 Å². The minimum Gasteiger partial charge on any atom is -0.497 e. The molecule has 0 atom stereocenters. The fourth-order valence-electron chi connectivity index (χ4n) is 3.14. The molecule has 2 aromatic carbocycles. The monoisotopic (exact) mass is 351 g/mol. The second-order valence-corrected chi connectivity index (χ2v) is 6.47. The highest BCUT2D eigenvalue weighted by molar-refractivity contribution is 5.92. The predicted octanol–water partition coefficient (Wildman–Crippen LogP) is 3.57. The summed E-state index contributed by atoms with van der Waals surface area (Å²) in [5.41, 5.74) is 2.57. The number of anilines is 1. The highest BCUT2D eigenvalue weighted by Crippen LogP contribution is 2.40. The van der Waals surface area contributed by atoms with Crippen LogP contribution in [0.25, 0.3) is 11.0 Å². The van der Waals surface area contributed by atoms with Crippen LogP contribution in [-0.4, -0.2) is 29.7 Å². The summed E-state index contributed by atoms with van der Waals surface area (Å²) < 4.78 is 12.5. The maximum absolute atomic E-state index is 12.7. The Morgan fingerprint density at radius 3 is 2.50 bits per heavy atom. The fraction of sp³-hybridized carbons (Fsp3) is 0.300. The molecule has 6 nitrogen and oxygen atoms in total. The van der Waals surface area contributed by atoms with Crippen LogP contribution in [0.5, 0.6) is 11.5 Å². The Balaban J connectivity index is 1.59. The van der Waals surface area contributed by atoms with Gasteiger partial charge in [-0.1, -0.05) is 12.1 Å². The first kappa shape index (κ1) is 16.4. The van der Waals surface area contributed by atoms with E-state index >= 15 is 0 Å². The molecule has 4 rings (SSSR count). The van der Waals surface area contributed by atoms with Crippen molar-refractivity contribution in [3.8, 4) is 11.5 Å². The molecule has 0 bridgehead atoms. The summed E-state index contributed by atoms with van der Waals surface area (Å²) in [5.74, 6) is 2.62. The number of amides is 1. The number of hydrogen-bond donors (Lipinski definition) is 1. The normalized spacial score (nSPS) is 13.6. The van der Waals surface area contributed by atoms with Gasteiger partial charge in [0, 0.05) is 29.8 Å². The number of nitrogens with one attached hydrogen (secondary N) is 1. The number of benzene rings is 2. The van der Waals surface area contributed by atoms with Crippen LogP contribution >= 0.6 is 0 Å². The third-order valence-electron chi connectivity index (χ3n) is 4.56. The summed E-state index contributed by atoms with van der Waals surface area (Å²) in [4.78, 5) is 17.4. The van der Waals surface area contributed by atoms with Gasteiger partial charge in [-0.3, -0.25) is 4.79 Å². The lowest BCUT2D eigenvalue weighted by molar-refractivity contribution is -0.116. The molecular formula is C20H21N3O3. The number of imidazole rings is 1. The van der Waals surface area contributed by atoms with E-state index < -0.39 is 0 Å². The largest absolute Gasteiger partial charge is 0.497 e. The second kappa shape index (κ2) is 6.71. The SMILES string of the molecule is COc1cc(NC(=O)Cn2c(C3CC3)nc3ccccc32)cc(OC)c1. The number of hydrogen-bond acceptors (Lipinski definition) is 4. The molecule has 0 saturated heterocycles. The lowest BCUT2D eigenvalue weighted by Crippen LogP contribution is -2.20. The van der Waals surface area contributed by atoms with Gasteiger partial charge in [-0.2, -0.15) is 0 Å². The summed E-state index contributed by atoms with van der Waals surface area (Å²) >= 11 is 0. The molecule has 1 aromatic heterocycles. The number of carbonyl (C=O) groups is 1. The molecule has 0 radical (unpaired) electrons. The average molecular weight is 351 g/mol. The van der Waals surface area contributed by atoms with E-state index in [2.05, 4.69) is 5.32 Å². The number of aromatic nitrogens is 2. The maximum Gasteiger partial charge on any atom is 0.244 e. The van der Waals surface area contributed by atoms with E-state index in [0.29, 0.717) is 23.1 Å². The number of carbonyl (C=O) groups excluding carboxylic acids is 1. The zero-order valence-corrected chi connectivity index (χ0v) is 14.9. The molecule has 1 heterocycles. The molecule has 1 fully saturated rings. The number of rotatable bonds is 6. The Morgan fingerprint density at radius 2 is 1.85 bits per heavy atom. The molecule has 1 saturated carbocycles. The lowest BCUT2D eigenvalue weighted by atomic mass is 10.2. The standard InChI is InChI=1S/C20H21N3O3/c1-25-15-9-14(10-16(11-15)26-2)21-19(24)12-23-18-6-4-3-5-17(18)22-20(23)13-7-8-13/h3-6,9-11,13H,7-8,12H2,1-2H3,(H,21,24). The summed E-state index contributed by atoms with van der Waals surface area (Å²) in [5, 5.41) is 2.93. The first-order chi connectivity index (χ1) is 12.7. The van der Waals surface area contributed by atoms with E-state index in [1.165, 1.54) is 0 Å². The molecule has 0 spiro atoms. The maximum atomic E-state index is 12.7. The van der Waals surface area contributed by atoms with Crippen LogP contribution < -0.4 is 14.8 Å². The zero-order chi connectivity index (χ0) is 18.1. The number of para-hydroxylation sites is 2. The summed E-state index contributed by atoms with van der Waals surface area (Å²) in [6.45, 7) is 0.228. The van der Waals surface area contributed by atoms with Crippen LogP contribution in [0.3, 0.4) is 0 Å². The first-order valence-corrected chi connectivity index (χ1v) is 8.66. The van der Waals surface area contributed by atoms with Crippen LogP contribution in [0.1, 0.15) is 24.6 Å². The number of methoxy groups -OCH3 is 2. The molecule has 0 aliphatic heterocycles. The number of fused-ring (bicyclic) bond motifs is 1. The van der Waals surface area contributed by atoms with Crippen LogP contribution in [-0.2, 0) is 11.3 Å². The van der Waals surface area contributed by atoms with Gasteiger partial charge in [-0.05, 0) is 25.0 Å². The van der Waals surface area contributed by atoms with Gasteiger partial charge < -0.3 is 19.4 Å². The molecule has 1 amide bonds. The molecule has 1 aliphatic rings. The minimum atomic E-state index is -0.106. The van der Waals surface area contributed by atoms with Crippen LogP contribution in [0, 0.1) is 0 Å². The van der Waals surface area contributed by atoms with Crippen LogP contribution in [0.2, 0.25) is 0 Å². The topological polar surface area (TPSA) is 65.4 Å². The highest BCUT2D eigenvalue weighted by Gasteiger charge is 2.30. The van der Waals surface area contributed by atoms with Gasteiger partial charge in [-0.15, -0.1) is 0 Å². The van der Waals surface area contributed by atoms with Crippen LogP contribution in [0.4, 0.5) is 5.69 Å². The van der Waals surface area contributed by atoms with Gasteiger partial charge >= 0.3 is 0 Å². The molecule has 3 aromatic rings. The predicted molar refractivity (Wildman–Crippen MR) is 99.9 cm³/mol. The van der Waals surface area contributed by atoms with E-state index in [-0.39, 0.29) is 12.5 Å². The van der Waals surface area contributed by atoms with Crippen molar-refractivity contribution in [1.82, 2.24) is 9.55 Å². The lowest BCUT2D eigenvalue weighted by Gasteiger charge is -2.12. The van der Waals surface area contributed by atoms with Crippen LogP contribution in [0.15, 0.2) is 42.5 Å². The summed E-state index contributed by atoms with van der Waals surface area (Å²) in [7, 11) is 3.17. The average Bonchev–Trinajstić information content (AvgIpc) is 3.44. The summed E-state index contributed by atoms with van der Waals surface area (Å²) in [6.07, 6.45) is 2.27. The Hall–Kier alpha value is -3.02. The Morgan fingerprint density at radius 1 is 1.15 bits per heavy atom. The molecule has 134 valence electrons. The second-order valence-electron chi connectivity index (χ2n) is 6.47. The third-order valence-corrected chi connectivity index (χ3v) is 4.56. The van der Waals surface area contributed by atoms with Crippen molar-refractivity contribution >= 4 is 22.6 Å².